The van der Waals surface area contributed by atoms with E-state index >= 15 is 0 Å². The molecule has 0 radical (unpaired) electrons. The molecule has 0 N–H and O–H groups in total. The quantitative estimate of drug-likeness (QED) is 0.696. The van der Waals surface area contributed by atoms with Gasteiger partial charge in [0.05, 0.1) is 31.1 Å². The summed E-state index contributed by atoms with van der Waals surface area (Å²) in [4.78, 5) is 19.1. The first-order valence-electron chi connectivity index (χ1n) is 4.27. The van der Waals surface area contributed by atoms with Gasteiger partial charge in [0.1, 0.15) is 5.15 Å². The van der Waals surface area contributed by atoms with Gasteiger partial charge in [-0.3, -0.25) is 9.78 Å². The third-order valence-corrected chi connectivity index (χ3v) is 2.51. The van der Waals surface area contributed by atoms with Gasteiger partial charge in [-0.05, 0) is 6.42 Å². The van der Waals surface area contributed by atoms with E-state index < -0.39 is 0 Å². The summed E-state index contributed by atoms with van der Waals surface area (Å²) >= 11 is 5.60. The number of nitrogens with zero attached hydrogens (tertiary/aromatic N) is 2. The van der Waals surface area contributed by atoms with E-state index in [0.717, 1.165) is 12.1 Å². The highest BCUT2D eigenvalue weighted by atomic mass is 35.5. The average Bonchev–Trinajstić information content (AvgIpc) is 2.98. The van der Waals surface area contributed by atoms with Crippen molar-refractivity contribution in [2.45, 2.75) is 12.3 Å². The normalized spacial score (nSPS) is 24.4. The molecule has 4 nitrogen and oxygen atoms in total. The Morgan fingerprint density at radius 1 is 1.57 bits per heavy atom. The van der Waals surface area contributed by atoms with E-state index in [1.165, 1.54) is 13.3 Å². The first kappa shape index (κ1) is 9.40. The van der Waals surface area contributed by atoms with Gasteiger partial charge in [-0.25, -0.2) is 4.98 Å². The molecule has 1 aromatic heterocycles. The number of hydrogen-bond acceptors (Lipinski definition) is 4. The van der Waals surface area contributed by atoms with Gasteiger partial charge in [0.15, 0.2) is 0 Å². The molecular formula is C9H9ClN2O2. The number of esters is 1. The van der Waals surface area contributed by atoms with Crippen molar-refractivity contribution in [3.63, 3.8) is 0 Å². The Morgan fingerprint density at radius 2 is 2.36 bits per heavy atom. The van der Waals surface area contributed by atoms with Gasteiger partial charge < -0.3 is 4.74 Å². The lowest BCUT2D eigenvalue weighted by atomic mass is 10.2. The molecule has 0 aromatic carbocycles. The molecule has 2 rings (SSSR count). The highest BCUT2D eigenvalue weighted by Crippen LogP contribution is 2.47. The van der Waals surface area contributed by atoms with Crippen molar-refractivity contribution in [2.24, 2.45) is 5.92 Å². The van der Waals surface area contributed by atoms with Crippen LogP contribution in [-0.2, 0) is 9.53 Å². The maximum absolute atomic E-state index is 11.1. The Hall–Kier alpha value is -1.16. The van der Waals surface area contributed by atoms with Gasteiger partial charge in [0.2, 0.25) is 0 Å². The summed E-state index contributed by atoms with van der Waals surface area (Å²) in [6, 6.07) is 0. The van der Waals surface area contributed by atoms with Crippen molar-refractivity contribution in [3.05, 3.63) is 23.2 Å². The van der Waals surface area contributed by atoms with Crippen LogP contribution in [0.1, 0.15) is 18.0 Å². The summed E-state index contributed by atoms with van der Waals surface area (Å²) in [5.41, 5.74) is 0.810. The molecule has 1 fully saturated rings. The fraction of sp³-hybridized carbons (Fsp3) is 0.444. The number of methoxy groups -OCH3 is 1. The van der Waals surface area contributed by atoms with Crippen LogP contribution >= 0.6 is 11.6 Å². The van der Waals surface area contributed by atoms with Crippen LogP contribution in [0.2, 0.25) is 5.15 Å². The van der Waals surface area contributed by atoms with Gasteiger partial charge in [-0.2, -0.15) is 0 Å². The third kappa shape index (κ3) is 1.70. The molecule has 0 aliphatic heterocycles. The summed E-state index contributed by atoms with van der Waals surface area (Å²) < 4.78 is 4.64. The number of rotatable bonds is 2. The number of carbonyl (C=O) groups is 1. The number of carbonyl (C=O) groups excluding carboxylic acids is 1. The zero-order chi connectivity index (χ0) is 10.1. The van der Waals surface area contributed by atoms with Crippen molar-refractivity contribution in [1.29, 1.82) is 0 Å². The Morgan fingerprint density at radius 3 is 2.93 bits per heavy atom. The summed E-state index contributed by atoms with van der Waals surface area (Å²) in [6.45, 7) is 0. The monoisotopic (exact) mass is 212 g/mol. The van der Waals surface area contributed by atoms with Crippen LogP contribution in [0.4, 0.5) is 0 Å². The molecule has 1 saturated carbocycles. The van der Waals surface area contributed by atoms with Gasteiger partial charge in [0.25, 0.3) is 0 Å². The molecule has 0 amide bonds. The summed E-state index contributed by atoms with van der Waals surface area (Å²) in [5, 5.41) is 0.365. The van der Waals surface area contributed by atoms with E-state index in [0.29, 0.717) is 5.15 Å². The summed E-state index contributed by atoms with van der Waals surface area (Å²) in [5.74, 6) is -0.0607. The number of aromatic nitrogens is 2. The molecule has 0 unspecified atom stereocenters. The second kappa shape index (κ2) is 3.53. The van der Waals surface area contributed by atoms with E-state index in [1.54, 1.807) is 6.20 Å². The summed E-state index contributed by atoms with van der Waals surface area (Å²) in [7, 11) is 1.39. The zero-order valence-corrected chi connectivity index (χ0v) is 8.36. The topological polar surface area (TPSA) is 52.1 Å². The van der Waals surface area contributed by atoms with Crippen LogP contribution in [0.3, 0.4) is 0 Å². The molecule has 0 bridgehead atoms. The second-order valence-electron chi connectivity index (χ2n) is 3.24. The van der Waals surface area contributed by atoms with Crippen molar-refractivity contribution in [3.8, 4) is 0 Å². The first-order chi connectivity index (χ1) is 6.72. The fourth-order valence-corrected chi connectivity index (χ4v) is 1.55. The maximum Gasteiger partial charge on any atom is 0.309 e. The smallest absolute Gasteiger partial charge is 0.309 e. The van der Waals surface area contributed by atoms with E-state index in [4.69, 9.17) is 11.6 Å². The van der Waals surface area contributed by atoms with Crippen LogP contribution in [0, 0.1) is 5.92 Å². The van der Waals surface area contributed by atoms with Crippen LogP contribution in [-0.4, -0.2) is 23.0 Å². The van der Waals surface area contributed by atoms with Crippen LogP contribution < -0.4 is 0 Å². The first-order valence-corrected chi connectivity index (χ1v) is 4.65. The minimum absolute atomic E-state index is 0.0459. The van der Waals surface area contributed by atoms with Crippen molar-refractivity contribution in [2.75, 3.05) is 7.11 Å². The molecular weight excluding hydrogens is 204 g/mol. The average molecular weight is 213 g/mol. The standard InChI is InChI=1S/C9H9ClN2O2/c1-14-9(13)6-2-5(6)7-3-12-8(10)4-11-7/h3-6H,2H2,1H3/t5-,6-/m0/s1. The molecule has 14 heavy (non-hydrogen) atoms. The van der Waals surface area contributed by atoms with E-state index in [-0.39, 0.29) is 17.8 Å². The van der Waals surface area contributed by atoms with Crippen molar-refractivity contribution >= 4 is 17.6 Å². The molecule has 1 aromatic rings. The van der Waals surface area contributed by atoms with E-state index in [2.05, 4.69) is 14.7 Å². The van der Waals surface area contributed by atoms with Crippen molar-refractivity contribution < 1.29 is 9.53 Å². The second-order valence-corrected chi connectivity index (χ2v) is 3.62. The molecule has 2 atom stereocenters. The highest BCUT2D eigenvalue weighted by Gasteiger charge is 2.46. The van der Waals surface area contributed by atoms with Crippen LogP contribution in [0.5, 0.6) is 0 Å². The molecule has 1 aliphatic carbocycles. The Balaban J connectivity index is 2.06. The molecule has 1 heterocycles. The molecule has 5 heteroatoms. The highest BCUT2D eigenvalue weighted by molar-refractivity contribution is 6.29. The van der Waals surface area contributed by atoms with Crippen LogP contribution in [0.15, 0.2) is 12.4 Å². The van der Waals surface area contributed by atoms with Gasteiger partial charge >= 0.3 is 5.97 Å². The Kier molecular flexibility index (Phi) is 2.37. The van der Waals surface area contributed by atoms with Gasteiger partial charge in [-0.1, -0.05) is 11.6 Å². The lowest BCUT2D eigenvalue weighted by Crippen LogP contribution is -2.04. The lowest BCUT2D eigenvalue weighted by Gasteiger charge is -1.98. The van der Waals surface area contributed by atoms with Crippen LogP contribution in [0.25, 0.3) is 0 Å². The van der Waals surface area contributed by atoms with Gasteiger partial charge in [-0.15, -0.1) is 0 Å². The summed E-state index contributed by atoms with van der Waals surface area (Å²) in [6.07, 6.45) is 3.89. The largest absolute Gasteiger partial charge is 0.469 e. The maximum atomic E-state index is 11.1. The SMILES string of the molecule is COC(=O)[C@H]1C[C@@H]1c1cnc(Cl)cn1. The van der Waals surface area contributed by atoms with Gasteiger partial charge in [0, 0.05) is 5.92 Å². The van der Waals surface area contributed by atoms with E-state index in [9.17, 15) is 4.79 Å². The fourth-order valence-electron chi connectivity index (χ4n) is 1.45. The predicted molar refractivity (Wildman–Crippen MR) is 49.9 cm³/mol. The molecule has 1 aliphatic rings. The van der Waals surface area contributed by atoms with E-state index in [1.807, 2.05) is 0 Å². The predicted octanol–water partition coefficient (Wildman–Crippen LogP) is 1.41. The van der Waals surface area contributed by atoms with Crippen molar-refractivity contribution in [1.82, 2.24) is 9.97 Å². The number of halogens is 1. The third-order valence-electron chi connectivity index (χ3n) is 2.31. The Bertz CT molecular complexity index is 352. The molecule has 0 saturated heterocycles. The molecule has 0 spiro atoms. The number of ether oxygens (including phenoxy) is 1. The zero-order valence-electron chi connectivity index (χ0n) is 7.61. The molecule has 74 valence electrons. The minimum Gasteiger partial charge on any atom is -0.469 e. The minimum atomic E-state index is -0.174. The number of hydrogen-bond donors (Lipinski definition) is 0. The lowest BCUT2D eigenvalue weighted by molar-refractivity contribution is -0.142. The Labute approximate surface area is 86.3 Å².